The van der Waals surface area contributed by atoms with Crippen LogP contribution < -0.4 is 10.1 Å². The molecule has 5 nitrogen and oxygen atoms in total. The molecule has 2 aromatic carbocycles. The molecule has 3 aromatic rings. The zero-order valence-corrected chi connectivity index (χ0v) is 14.3. The van der Waals surface area contributed by atoms with E-state index >= 15 is 0 Å². The van der Waals surface area contributed by atoms with Crippen molar-refractivity contribution in [1.82, 2.24) is 4.98 Å². The summed E-state index contributed by atoms with van der Waals surface area (Å²) in [6, 6.07) is 15.9. The summed E-state index contributed by atoms with van der Waals surface area (Å²) in [5.74, 6) is 1.08. The van der Waals surface area contributed by atoms with Gasteiger partial charge in [0.05, 0.1) is 0 Å². The van der Waals surface area contributed by atoms with Gasteiger partial charge in [0.25, 0.3) is 5.91 Å². The number of carbonyl (C=O) groups excluding carboxylic acids is 1. The minimum Gasteiger partial charge on any atom is -0.488 e. The van der Waals surface area contributed by atoms with Crippen molar-refractivity contribution >= 4 is 22.5 Å². The Morgan fingerprint density at radius 1 is 1.12 bits per heavy atom. The Bertz CT molecular complexity index is 893. The molecule has 1 N–H and O–H groups in total. The van der Waals surface area contributed by atoms with Gasteiger partial charge >= 0.3 is 0 Å². The summed E-state index contributed by atoms with van der Waals surface area (Å²) in [5.41, 5.74) is 2.14. The maximum atomic E-state index is 11.6. The Labute approximate surface area is 146 Å². The first-order valence-corrected chi connectivity index (χ1v) is 8.02. The number of benzene rings is 2. The van der Waals surface area contributed by atoms with Gasteiger partial charge in [-0.1, -0.05) is 30.3 Å². The van der Waals surface area contributed by atoms with Gasteiger partial charge in [0.15, 0.2) is 0 Å². The van der Waals surface area contributed by atoms with Crippen molar-refractivity contribution in [2.24, 2.45) is 0 Å². The number of rotatable bonds is 6. The van der Waals surface area contributed by atoms with Gasteiger partial charge in [0.1, 0.15) is 24.8 Å². The van der Waals surface area contributed by atoms with Gasteiger partial charge in [-0.15, -0.1) is 0 Å². The Morgan fingerprint density at radius 3 is 2.72 bits per heavy atom. The third kappa shape index (κ3) is 4.14. The molecule has 3 rings (SSSR count). The molecule has 0 bridgehead atoms. The summed E-state index contributed by atoms with van der Waals surface area (Å²) in [6.45, 7) is 2.48. The van der Waals surface area contributed by atoms with Crippen LogP contribution >= 0.6 is 0 Å². The second-order valence-corrected chi connectivity index (χ2v) is 5.75. The maximum Gasteiger partial charge on any atom is 0.251 e. The van der Waals surface area contributed by atoms with Crippen LogP contribution in [0.15, 0.2) is 54.7 Å². The van der Waals surface area contributed by atoms with Crippen LogP contribution in [0.2, 0.25) is 0 Å². The molecular formula is C20H20N2O3. The van der Waals surface area contributed by atoms with Crippen LogP contribution in [0.4, 0.5) is 5.82 Å². The molecule has 0 unspecified atom stereocenters. The number of nitrogens with zero attached hydrogens (tertiary/aromatic N) is 1. The number of aryl methyl sites for hydroxylation is 1. The lowest BCUT2D eigenvalue weighted by molar-refractivity contribution is -0.119. The molecule has 0 saturated carbocycles. The first-order valence-electron chi connectivity index (χ1n) is 8.02. The molecule has 0 aliphatic carbocycles. The van der Waals surface area contributed by atoms with Crippen LogP contribution in [0.1, 0.15) is 11.1 Å². The molecule has 128 valence electrons. The summed E-state index contributed by atoms with van der Waals surface area (Å²) in [4.78, 5) is 15.7. The van der Waals surface area contributed by atoms with Crippen molar-refractivity contribution < 1.29 is 14.3 Å². The van der Waals surface area contributed by atoms with Gasteiger partial charge in [-0.25, -0.2) is 4.98 Å². The van der Waals surface area contributed by atoms with E-state index in [2.05, 4.69) is 35.4 Å². The van der Waals surface area contributed by atoms with Crippen LogP contribution in [-0.4, -0.2) is 24.6 Å². The number of amides is 1. The molecule has 0 radical (unpaired) electrons. The van der Waals surface area contributed by atoms with Gasteiger partial charge in [0.2, 0.25) is 0 Å². The largest absolute Gasteiger partial charge is 0.488 e. The molecule has 25 heavy (non-hydrogen) atoms. The molecule has 1 aromatic heterocycles. The average molecular weight is 336 g/mol. The number of nitrogens with one attached hydrogen (secondary N) is 1. The smallest absolute Gasteiger partial charge is 0.251 e. The number of pyridine rings is 1. The number of ether oxygens (including phenoxy) is 2. The SMILES string of the molecule is COCC(=O)Nc1cc(COc2ccc(C)c3ccccc23)ccn1. The van der Waals surface area contributed by atoms with E-state index in [0.29, 0.717) is 12.4 Å². The third-order valence-electron chi connectivity index (χ3n) is 3.86. The zero-order valence-electron chi connectivity index (χ0n) is 14.3. The molecule has 0 aliphatic rings. The summed E-state index contributed by atoms with van der Waals surface area (Å²) >= 11 is 0. The highest BCUT2D eigenvalue weighted by atomic mass is 16.5. The number of hydrogen-bond donors (Lipinski definition) is 1. The first-order chi connectivity index (χ1) is 12.2. The molecule has 1 heterocycles. The molecule has 0 saturated heterocycles. The van der Waals surface area contributed by atoms with Crippen molar-refractivity contribution in [3.05, 3.63) is 65.9 Å². The highest BCUT2D eigenvalue weighted by molar-refractivity contribution is 5.91. The van der Waals surface area contributed by atoms with E-state index in [0.717, 1.165) is 16.7 Å². The Kier molecular flexibility index (Phi) is 5.26. The quantitative estimate of drug-likeness (QED) is 0.745. The van der Waals surface area contributed by atoms with Crippen molar-refractivity contribution in [2.75, 3.05) is 19.0 Å². The van der Waals surface area contributed by atoms with Crippen molar-refractivity contribution in [2.45, 2.75) is 13.5 Å². The van der Waals surface area contributed by atoms with Gasteiger partial charge in [0, 0.05) is 18.7 Å². The highest BCUT2D eigenvalue weighted by Crippen LogP contribution is 2.28. The lowest BCUT2D eigenvalue weighted by atomic mass is 10.0. The van der Waals surface area contributed by atoms with E-state index in [4.69, 9.17) is 9.47 Å². The highest BCUT2D eigenvalue weighted by Gasteiger charge is 2.06. The van der Waals surface area contributed by atoms with Crippen LogP contribution in [0.3, 0.4) is 0 Å². The zero-order chi connectivity index (χ0) is 17.6. The Hall–Kier alpha value is -2.92. The van der Waals surface area contributed by atoms with Gasteiger partial charge in [-0.3, -0.25) is 4.79 Å². The van der Waals surface area contributed by atoms with Crippen molar-refractivity contribution in [1.29, 1.82) is 0 Å². The average Bonchev–Trinajstić information content (AvgIpc) is 2.62. The van der Waals surface area contributed by atoms with E-state index < -0.39 is 0 Å². The van der Waals surface area contributed by atoms with Gasteiger partial charge in [-0.2, -0.15) is 0 Å². The molecule has 5 heteroatoms. The normalized spacial score (nSPS) is 10.6. The van der Waals surface area contributed by atoms with E-state index in [-0.39, 0.29) is 12.5 Å². The van der Waals surface area contributed by atoms with Crippen LogP contribution in [0.25, 0.3) is 10.8 Å². The van der Waals surface area contributed by atoms with Crippen LogP contribution in [0, 0.1) is 6.92 Å². The lowest BCUT2D eigenvalue weighted by Gasteiger charge is -2.12. The Balaban J connectivity index is 1.74. The van der Waals surface area contributed by atoms with Crippen molar-refractivity contribution in [3.8, 4) is 5.75 Å². The molecule has 0 fully saturated rings. The van der Waals surface area contributed by atoms with E-state index in [9.17, 15) is 4.79 Å². The maximum absolute atomic E-state index is 11.6. The summed E-state index contributed by atoms with van der Waals surface area (Å²) in [6.07, 6.45) is 1.65. The fraction of sp³-hybridized carbons (Fsp3) is 0.200. The van der Waals surface area contributed by atoms with Gasteiger partial charge < -0.3 is 14.8 Å². The van der Waals surface area contributed by atoms with Crippen molar-refractivity contribution in [3.63, 3.8) is 0 Å². The van der Waals surface area contributed by atoms with Gasteiger partial charge in [-0.05, 0) is 41.6 Å². The number of carbonyl (C=O) groups is 1. The predicted octanol–water partition coefficient (Wildman–Crippen LogP) is 3.71. The number of aromatic nitrogens is 1. The molecule has 0 spiro atoms. The number of anilines is 1. The lowest BCUT2D eigenvalue weighted by Crippen LogP contribution is -2.18. The minimum atomic E-state index is -0.238. The standard InChI is InChI=1S/C20H20N2O3/c1-14-7-8-18(17-6-4-3-5-16(14)17)25-12-15-9-10-21-19(11-15)22-20(23)13-24-2/h3-11H,12-13H2,1-2H3,(H,21,22,23). The minimum absolute atomic E-state index is 0.00222. The van der Waals surface area contributed by atoms with E-state index in [1.165, 1.54) is 18.1 Å². The predicted molar refractivity (Wildman–Crippen MR) is 97.8 cm³/mol. The fourth-order valence-electron chi connectivity index (χ4n) is 2.65. The number of fused-ring (bicyclic) bond motifs is 1. The fourth-order valence-corrected chi connectivity index (χ4v) is 2.65. The second kappa shape index (κ2) is 7.77. The number of hydrogen-bond acceptors (Lipinski definition) is 4. The first kappa shape index (κ1) is 16.9. The summed E-state index contributed by atoms with van der Waals surface area (Å²) < 4.78 is 10.8. The molecular weight excluding hydrogens is 316 g/mol. The Morgan fingerprint density at radius 2 is 1.92 bits per heavy atom. The van der Waals surface area contributed by atoms with E-state index in [1.807, 2.05) is 24.3 Å². The molecule has 0 atom stereocenters. The molecule has 1 amide bonds. The second-order valence-electron chi connectivity index (χ2n) is 5.75. The summed E-state index contributed by atoms with van der Waals surface area (Å²) in [7, 11) is 1.48. The van der Waals surface area contributed by atoms with Crippen LogP contribution in [-0.2, 0) is 16.1 Å². The van der Waals surface area contributed by atoms with Crippen LogP contribution in [0.5, 0.6) is 5.75 Å². The number of methoxy groups -OCH3 is 1. The topological polar surface area (TPSA) is 60.5 Å². The summed E-state index contributed by atoms with van der Waals surface area (Å²) in [5, 5.41) is 4.96. The monoisotopic (exact) mass is 336 g/mol. The van der Waals surface area contributed by atoms with E-state index in [1.54, 1.807) is 12.3 Å². The molecule has 0 aliphatic heterocycles. The third-order valence-corrected chi connectivity index (χ3v) is 3.86.